The summed E-state index contributed by atoms with van der Waals surface area (Å²) in [6, 6.07) is 12.5. The molecule has 9 heteroatoms. The zero-order valence-electron chi connectivity index (χ0n) is 20.4. The summed E-state index contributed by atoms with van der Waals surface area (Å²) >= 11 is 0. The standard InChI is InChI=1S/C26H33N3O6/c1-19(2)15-28(17-21-7-8-23-24(14-21)34-11-4-10-33-23)26(30)25-18-27(9-12-35-25)16-20-5-3-6-22(13-20)29(31)32/h3,5-8,13-14,19,25H,4,9-12,15-18H2,1-2H3. The van der Waals surface area contributed by atoms with E-state index in [2.05, 4.69) is 18.7 Å². The second-order valence-corrected chi connectivity index (χ2v) is 9.47. The average Bonchev–Trinajstić information content (AvgIpc) is 3.08. The van der Waals surface area contributed by atoms with Crippen LogP contribution in [0.2, 0.25) is 0 Å². The molecule has 1 saturated heterocycles. The van der Waals surface area contributed by atoms with Gasteiger partial charge in [0.1, 0.15) is 6.10 Å². The Kier molecular flexibility index (Phi) is 8.20. The molecule has 2 aliphatic heterocycles. The van der Waals surface area contributed by atoms with Gasteiger partial charge in [0.05, 0.1) is 24.7 Å². The van der Waals surface area contributed by atoms with Gasteiger partial charge in [-0.2, -0.15) is 0 Å². The molecule has 2 heterocycles. The largest absolute Gasteiger partial charge is 0.490 e. The summed E-state index contributed by atoms with van der Waals surface area (Å²) in [6.07, 6.45) is 0.259. The van der Waals surface area contributed by atoms with E-state index in [9.17, 15) is 14.9 Å². The fourth-order valence-electron chi connectivity index (χ4n) is 4.43. The van der Waals surface area contributed by atoms with Crippen molar-refractivity contribution < 1.29 is 23.9 Å². The molecule has 35 heavy (non-hydrogen) atoms. The molecule has 1 atom stereocenters. The molecule has 0 bridgehead atoms. The van der Waals surface area contributed by atoms with Gasteiger partial charge in [-0.25, -0.2) is 0 Å². The molecule has 0 saturated carbocycles. The topological polar surface area (TPSA) is 94.4 Å². The number of benzene rings is 2. The van der Waals surface area contributed by atoms with Crippen molar-refractivity contribution in [3.63, 3.8) is 0 Å². The number of non-ortho nitro benzene ring substituents is 1. The lowest BCUT2D eigenvalue weighted by Gasteiger charge is -2.35. The lowest BCUT2D eigenvalue weighted by molar-refractivity contribution is -0.384. The molecular weight excluding hydrogens is 450 g/mol. The predicted molar refractivity (Wildman–Crippen MR) is 130 cm³/mol. The molecule has 0 aliphatic carbocycles. The molecule has 1 fully saturated rings. The lowest BCUT2D eigenvalue weighted by Crippen LogP contribution is -2.51. The Bertz CT molecular complexity index is 1040. The minimum atomic E-state index is -0.582. The molecule has 4 rings (SSSR count). The summed E-state index contributed by atoms with van der Waals surface area (Å²) in [5.41, 5.74) is 1.90. The van der Waals surface area contributed by atoms with Gasteiger partial charge < -0.3 is 19.1 Å². The van der Waals surface area contributed by atoms with Crippen LogP contribution in [0.5, 0.6) is 11.5 Å². The van der Waals surface area contributed by atoms with Crippen LogP contribution in [-0.4, -0.2) is 66.2 Å². The van der Waals surface area contributed by atoms with E-state index in [1.165, 1.54) is 6.07 Å². The van der Waals surface area contributed by atoms with Gasteiger partial charge in [-0.15, -0.1) is 0 Å². The molecule has 1 amide bonds. The van der Waals surface area contributed by atoms with E-state index >= 15 is 0 Å². The fraction of sp³-hybridized carbons (Fsp3) is 0.500. The summed E-state index contributed by atoms with van der Waals surface area (Å²) in [5, 5.41) is 11.1. The van der Waals surface area contributed by atoms with E-state index in [1.807, 2.05) is 29.2 Å². The van der Waals surface area contributed by atoms with Crippen molar-refractivity contribution in [2.24, 2.45) is 5.92 Å². The van der Waals surface area contributed by atoms with E-state index in [0.29, 0.717) is 64.2 Å². The Balaban J connectivity index is 1.44. The number of amides is 1. The molecule has 2 aromatic rings. The molecule has 0 spiro atoms. The van der Waals surface area contributed by atoms with Gasteiger partial charge in [0.2, 0.25) is 0 Å². The van der Waals surface area contributed by atoms with Gasteiger partial charge in [0.25, 0.3) is 11.6 Å². The number of ether oxygens (including phenoxy) is 3. The minimum Gasteiger partial charge on any atom is -0.490 e. The third-order valence-corrected chi connectivity index (χ3v) is 6.04. The number of morpholine rings is 1. The number of carbonyl (C=O) groups excluding carboxylic acids is 1. The minimum absolute atomic E-state index is 0.0467. The fourth-order valence-corrected chi connectivity index (χ4v) is 4.43. The third-order valence-electron chi connectivity index (χ3n) is 6.04. The highest BCUT2D eigenvalue weighted by atomic mass is 16.6. The van der Waals surface area contributed by atoms with Crippen LogP contribution in [0, 0.1) is 16.0 Å². The quantitative estimate of drug-likeness (QED) is 0.418. The maximum absolute atomic E-state index is 13.6. The van der Waals surface area contributed by atoms with Crippen molar-refractivity contribution >= 4 is 11.6 Å². The number of hydrogen-bond donors (Lipinski definition) is 0. The Morgan fingerprint density at radius 2 is 1.91 bits per heavy atom. The van der Waals surface area contributed by atoms with Gasteiger partial charge in [-0.3, -0.25) is 19.8 Å². The number of nitrogens with zero attached hydrogens (tertiary/aromatic N) is 3. The molecular formula is C26H33N3O6. The smallest absolute Gasteiger partial charge is 0.269 e. The summed E-state index contributed by atoms with van der Waals surface area (Å²) < 4.78 is 17.4. The Morgan fingerprint density at radius 3 is 2.69 bits per heavy atom. The van der Waals surface area contributed by atoms with Gasteiger partial charge >= 0.3 is 0 Å². The van der Waals surface area contributed by atoms with Gasteiger partial charge in [-0.05, 0) is 29.2 Å². The Labute approximate surface area is 205 Å². The van der Waals surface area contributed by atoms with Crippen molar-refractivity contribution in [2.75, 3.05) is 39.5 Å². The molecule has 1 unspecified atom stereocenters. The number of hydrogen-bond acceptors (Lipinski definition) is 7. The molecule has 0 N–H and O–H groups in total. The molecule has 0 aromatic heterocycles. The highest BCUT2D eigenvalue weighted by molar-refractivity contribution is 5.81. The van der Waals surface area contributed by atoms with E-state index < -0.39 is 11.0 Å². The predicted octanol–water partition coefficient (Wildman–Crippen LogP) is 3.64. The van der Waals surface area contributed by atoms with Gasteiger partial charge in [0, 0.05) is 51.3 Å². The average molecular weight is 484 g/mol. The second-order valence-electron chi connectivity index (χ2n) is 9.47. The molecule has 0 radical (unpaired) electrons. The summed E-state index contributed by atoms with van der Waals surface area (Å²) in [5.74, 6) is 1.70. The van der Waals surface area contributed by atoms with E-state index in [-0.39, 0.29) is 11.6 Å². The van der Waals surface area contributed by atoms with Crippen LogP contribution in [0.15, 0.2) is 42.5 Å². The normalized spacial score (nSPS) is 18.2. The van der Waals surface area contributed by atoms with Gasteiger partial charge in [-0.1, -0.05) is 32.0 Å². The zero-order chi connectivity index (χ0) is 24.8. The first kappa shape index (κ1) is 24.9. The zero-order valence-corrected chi connectivity index (χ0v) is 20.4. The van der Waals surface area contributed by atoms with Crippen molar-refractivity contribution in [3.8, 4) is 11.5 Å². The summed E-state index contributed by atoms with van der Waals surface area (Å²) in [6.45, 7) is 8.56. The molecule has 9 nitrogen and oxygen atoms in total. The number of rotatable bonds is 8. The van der Waals surface area contributed by atoms with E-state index in [1.54, 1.807) is 12.1 Å². The van der Waals surface area contributed by atoms with Crippen molar-refractivity contribution in [1.29, 1.82) is 0 Å². The van der Waals surface area contributed by atoms with Crippen LogP contribution in [0.4, 0.5) is 5.69 Å². The van der Waals surface area contributed by atoms with Crippen molar-refractivity contribution in [1.82, 2.24) is 9.80 Å². The molecule has 2 aliphatic rings. The lowest BCUT2D eigenvalue weighted by atomic mass is 10.1. The maximum Gasteiger partial charge on any atom is 0.269 e. The Hall–Kier alpha value is -3.17. The van der Waals surface area contributed by atoms with Crippen LogP contribution in [-0.2, 0) is 22.6 Å². The first-order chi connectivity index (χ1) is 16.9. The van der Waals surface area contributed by atoms with Crippen molar-refractivity contribution in [2.45, 2.75) is 39.5 Å². The maximum atomic E-state index is 13.6. The first-order valence-corrected chi connectivity index (χ1v) is 12.1. The third kappa shape index (κ3) is 6.70. The molecule has 188 valence electrons. The SMILES string of the molecule is CC(C)CN(Cc1ccc2c(c1)OCCCO2)C(=O)C1CN(Cc2cccc([N+](=O)[O-])c2)CCO1. The number of nitro benzene ring substituents is 1. The van der Waals surface area contributed by atoms with E-state index in [0.717, 1.165) is 23.3 Å². The number of nitro groups is 1. The number of carbonyl (C=O) groups is 1. The highest BCUT2D eigenvalue weighted by Crippen LogP contribution is 2.31. The summed E-state index contributed by atoms with van der Waals surface area (Å²) in [7, 11) is 0. The van der Waals surface area contributed by atoms with Crippen LogP contribution in [0.3, 0.4) is 0 Å². The monoisotopic (exact) mass is 483 g/mol. The van der Waals surface area contributed by atoms with Crippen LogP contribution in [0.25, 0.3) is 0 Å². The highest BCUT2D eigenvalue weighted by Gasteiger charge is 2.31. The molecule has 2 aromatic carbocycles. The summed E-state index contributed by atoms with van der Waals surface area (Å²) in [4.78, 5) is 28.2. The van der Waals surface area contributed by atoms with Crippen LogP contribution < -0.4 is 9.47 Å². The Morgan fingerprint density at radius 1 is 1.11 bits per heavy atom. The van der Waals surface area contributed by atoms with E-state index in [4.69, 9.17) is 14.2 Å². The van der Waals surface area contributed by atoms with Crippen LogP contribution in [0.1, 0.15) is 31.4 Å². The van der Waals surface area contributed by atoms with Crippen LogP contribution >= 0.6 is 0 Å². The van der Waals surface area contributed by atoms with Crippen molar-refractivity contribution in [3.05, 3.63) is 63.7 Å². The number of fused-ring (bicyclic) bond motifs is 1. The first-order valence-electron chi connectivity index (χ1n) is 12.1. The van der Waals surface area contributed by atoms with Gasteiger partial charge in [0.15, 0.2) is 11.5 Å². The second kappa shape index (κ2) is 11.5.